The molecule has 0 aliphatic heterocycles. The number of carbonyl (C=O) groups is 1. The molecular formula is C12H12O. The van der Waals surface area contributed by atoms with Gasteiger partial charge in [-0.2, -0.15) is 0 Å². The summed E-state index contributed by atoms with van der Waals surface area (Å²) in [5, 5.41) is 0. The minimum absolute atomic E-state index is 0.243. The number of Topliss-reactive ketones (excluding diaryl/α,β-unsaturated/α-hetero) is 1. The van der Waals surface area contributed by atoms with Gasteiger partial charge in [0.1, 0.15) is 0 Å². The van der Waals surface area contributed by atoms with Crippen LogP contribution in [-0.4, -0.2) is 5.78 Å². The maximum atomic E-state index is 11.5. The Labute approximate surface area is 78.1 Å². The Morgan fingerprint density at radius 3 is 3.00 bits per heavy atom. The van der Waals surface area contributed by atoms with Crippen LogP contribution in [0.4, 0.5) is 0 Å². The van der Waals surface area contributed by atoms with Crippen LogP contribution in [0.25, 0.3) is 6.08 Å². The third-order valence-electron chi connectivity index (χ3n) is 2.47. The maximum absolute atomic E-state index is 11.5. The molecule has 0 saturated carbocycles. The van der Waals surface area contributed by atoms with Crippen LogP contribution in [-0.2, 0) is 6.42 Å². The van der Waals surface area contributed by atoms with Gasteiger partial charge >= 0.3 is 0 Å². The first-order valence-electron chi connectivity index (χ1n) is 4.64. The number of allylic oxidation sites excluding steroid dienone is 1. The second-order valence-corrected chi connectivity index (χ2v) is 3.26. The fourth-order valence-corrected chi connectivity index (χ4v) is 1.76. The summed E-state index contributed by atoms with van der Waals surface area (Å²) in [7, 11) is 0. The molecular weight excluding hydrogens is 160 g/mol. The molecule has 1 aromatic rings. The molecule has 1 heteroatoms. The minimum Gasteiger partial charge on any atom is -0.294 e. The maximum Gasteiger partial charge on any atom is 0.167 e. The Kier molecular flexibility index (Phi) is 2.01. The van der Waals surface area contributed by atoms with Gasteiger partial charge in [-0.3, -0.25) is 4.79 Å². The SMILES string of the molecule is CCc1cccc2c1C=CCC2=O. The highest BCUT2D eigenvalue weighted by Crippen LogP contribution is 2.22. The fraction of sp³-hybridized carbons (Fsp3) is 0.250. The molecule has 0 amide bonds. The number of ketones is 1. The summed E-state index contributed by atoms with van der Waals surface area (Å²) in [6.07, 6.45) is 5.56. The van der Waals surface area contributed by atoms with E-state index in [1.807, 2.05) is 18.2 Å². The Balaban J connectivity index is 2.63. The predicted octanol–water partition coefficient (Wildman–Crippen LogP) is 2.85. The number of rotatable bonds is 1. The molecule has 0 bridgehead atoms. The lowest BCUT2D eigenvalue weighted by atomic mass is 9.91. The summed E-state index contributed by atoms with van der Waals surface area (Å²) in [6, 6.07) is 5.97. The standard InChI is InChI=1S/C12H12O/c1-2-9-5-3-7-11-10(9)6-4-8-12(11)13/h3-7H,2,8H2,1H3. The Bertz CT molecular complexity index is 375. The number of hydrogen-bond acceptors (Lipinski definition) is 1. The molecule has 0 N–H and O–H groups in total. The topological polar surface area (TPSA) is 17.1 Å². The number of aryl methyl sites for hydroxylation is 1. The second kappa shape index (κ2) is 3.17. The van der Waals surface area contributed by atoms with E-state index in [0.717, 1.165) is 17.5 Å². The van der Waals surface area contributed by atoms with E-state index in [9.17, 15) is 4.79 Å². The molecule has 1 nitrogen and oxygen atoms in total. The van der Waals surface area contributed by atoms with E-state index in [1.54, 1.807) is 0 Å². The van der Waals surface area contributed by atoms with Crippen LogP contribution in [0.5, 0.6) is 0 Å². The molecule has 2 rings (SSSR count). The van der Waals surface area contributed by atoms with Crippen molar-refractivity contribution in [3.8, 4) is 0 Å². The molecule has 66 valence electrons. The van der Waals surface area contributed by atoms with Gasteiger partial charge in [0.2, 0.25) is 0 Å². The van der Waals surface area contributed by atoms with Gasteiger partial charge in [0.15, 0.2) is 5.78 Å². The number of carbonyl (C=O) groups excluding carboxylic acids is 1. The molecule has 0 atom stereocenters. The molecule has 0 heterocycles. The van der Waals surface area contributed by atoms with Crippen molar-refractivity contribution in [3.63, 3.8) is 0 Å². The molecule has 1 aromatic carbocycles. The monoisotopic (exact) mass is 172 g/mol. The van der Waals surface area contributed by atoms with Crippen LogP contribution >= 0.6 is 0 Å². The summed E-state index contributed by atoms with van der Waals surface area (Å²) < 4.78 is 0. The van der Waals surface area contributed by atoms with E-state index in [2.05, 4.69) is 19.1 Å². The van der Waals surface area contributed by atoms with Crippen LogP contribution in [0, 0.1) is 0 Å². The number of hydrogen-bond donors (Lipinski definition) is 0. The van der Waals surface area contributed by atoms with E-state index in [1.165, 1.54) is 5.56 Å². The van der Waals surface area contributed by atoms with E-state index in [-0.39, 0.29) is 5.78 Å². The van der Waals surface area contributed by atoms with Crippen LogP contribution in [0.15, 0.2) is 24.3 Å². The summed E-state index contributed by atoms with van der Waals surface area (Å²) in [5.74, 6) is 0.243. The van der Waals surface area contributed by atoms with Gasteiger partial charge in [-0.1, -0.05) is 37.3 Å². The smallest absolute Gasteiger partial charge is 0.167 e. The largest absolute Gasteiger partial charge is 0.294 e. The van der Waals surface area contributed by atoms with Gasteiger partial charge in [0, 0.05) is 12.0 Å². The zero-order valence-electron chi connectivity index (χ0n) is 7.71. The molecule has 0 aromatic heterocycles. The van der Waals surface area contributed by atoms with Gasteiger partial charge in [-0.05, 0) is 17.5 Å². The first-order chi connectivity index (χ1) is 6.33. The third-order valence-corrected chi connectivity index (χ3v) is 2.47. The number of fused-ring (bicyclic) bond motifs is 1. The van der Waals surface area contributed by atoms with Crippen LogP contribution < -0.4 is 0 Å². The van der Waals surface area contributed by atoms with Crippen molar-refractivity contribution in [2.45, 2.75) is 19.8 Å². The average Bonchev–Trinajstić information content (AvgIpc) is 2.18. The quantitative estimate of drug-likeness (QED) is 0.636. The Hall–Kier alpha value is -1.37. The molecule has 0 radical (unpaired) electrons. The van der Waals surface area contributed by atoms with E-state index >= 15 is 0 Å². The number of benzene rings is 1. The first-order valence-corrected chi connectivity index (χ1v) is 4.64. The van der Waals surface area contributed by atoms with Crippen LogP contribution in [0.2, 0.25) is 0 Å². The lowest BCUT2D eigenvalue weighted by Gasteiger charge is -2.12. The molecule has 13 heavy (non-hydrogen) atoms. The molecule has 0 spiro atoms. The van der Waals surface area contributed by atoms with Crippen molar-refractivity contribution in [1.29, 1.82) is 0 Å². The van der Waals surface area contributed by atoms with Crippen LogP contribution in [0.3, 0.4) is 0 Å². The highest BCUT2D eigenvalue weighted by Gasteiger charge is 2.14. The second-order valence-electron chi connectivity index (χ2n) is 3.26. The fourth-order valence-electron chi connectivity index (χ4n) is 1.76. The van der Waals surface area contributed by atoms with Gasteiger partial charge in [-0.15, -0.1) is 0 Å². The molecule has 0 unspecified atom stereocenters. The highest BCUT2D eigenvalue weighted by molar-refractivity contribution is 6.03. The van der Waals surface area contributed by atoms with Crippen molar-refractivity contribution in [3.05, 3.63) is 41.0 Å². The lowest BCUT2D eigenvalue weighted by molar-refractivity contribution is 0.0994. The van der Waals surface area contributed by atoms with Crippen LogP contribution in [0.1, 0.15) is 34.8 Å². The van der Waals surface area contributed by atoms with Gasteiger partial charge in [0.05, 0.1) is 0 Å². The van der Waals surface area contributed by atoms with Gasteiger partial charge in [-0.25, -0.2) is 0 Å². The Morgan fingerprint density at radius 1 is 1.38 bits per heavy atom. The minimum atomic E-state index is 0.243. The van der Waals surface area contributed by atoms with Crippen molar-refractivity contribution in [1.82, 2.24) is 0 Å². The van der Waals surface area contributed by atoms with Gasteiger partial charge in [0.25, 0.3) is 0 Å². The molecule has 0 fully saturated rings. The molecule has 0 saturated heterocycles. The summed E-state index contributed by atoms with van der Waals surface area (Å²) in [4.78, 5) is 11.5. The third kappa shape index (κ3) is 1.31. The molecule has 1 aliphatic rings. The van der Waals surface area contributed by atoms with Crippen molar-refractivity contribution in [2.75, 3.05) is 0 Å². The summed E-state index contributed by atoms with van der Waals surface area (Å²) in [5.41, 5.74) is 3.28. The van der Waals surface area contributed by atoms with E-state index in [4.69, 9.17) is 0 Å². The average molecular weight is 172 g/mol. The first kappa shape index (κ1) is 8.24. The van der Waals surface area contributed by atoms with Crippen molar-refractivity contribution >= 4 is 11.9 Å². The van der Waals surface area contributed by atoms with Gasteiger partial charge < -0.3 is 0 Å². The summed E-state index contributed by atoms with van der Waals surface area (Å²) >= 11 is 0. The van der Waals surface area contributed by atoms with Crippen molar-refractivity contribution < 1.29 is 4.79 Å². The van der Waals surface area contributed by atoms with Crippen molar-refractivity contribution in [2.24, 2.45) is 0 Å². The van der Waals surface area contributed by atoms with E-state index < -0.39 is 0 Å². The zero-order chi connectivity index (χ0) is 9.26. The highest BCUT2D eigenvalue weighted by atomic mass is 16.1. The lowest BCUT2D eigenvalue weighted by Crippen LogP contribution is -2.06. The molecule has 1 aliphatic carbocycles. The normalized spacial score (nSPS) is 14.4. The summed E-state index contributed by atoms with van der Waals surface area (Å²) in [6.45, 7) is 2.11. The zero-order valence-corrected chi connectivity index (χ0v) is 7.71. The predicted molar refractivity (Wildman–Crippen MR) is 53.8 cm³/mol. The Morgan fingerprint density at radius 2 is 2.23 bits per heavy atom. The van der Waals surface area contributed by atoms with E-state index in [0.29, 0.717) is 6.42 Å².